The predicted molar refractivity (Wildman–Crippen MR) is 162 cm³/mol. The largest absolute Gasteiger partial charge is 0.492 e. The number of aromatic nitrogens is 3. The summed E-state index contributed by atoms with van der Waals surface area (Å²) in [7, 11) is -2.25. The average Bonchev–Trinajstić information content (AvgIpc) is 3.20. The number of sulfonamides is 1. The molecule has 0 aliphatic carbocycles. The number of hydrogen-bond acceptors (Lipinski definition) is 9. The topological polar surface area (TPSA) is 180 Å². The van der Waals surface area contributed by atoms with Gasteiger partial charge in [-0.25, -0.2) is 13.2 Å². The second-order valence-electron chi connectivity index (χ2n) is 12.2. The fourth-order valence-corrected chi connectivity index (χ4v) is 4.36. The molecule has 2 aromatic carbocycles. The molecule has 0 saturated carbocycles. The summed E-state index contributed by atoms with van der Waals surface area (Å²) < 4.78 is 38.6. The lowest BCUT2D eigenvalue weighted by atomic mass is 9.86. The molecular formula is C28H39N7O6S. The van der Waals surface area contributed by atoms with Gasteiger partial charge in [0.05, 0.1) is 30.4 Å². The average molecular weight is 602 g/mol. The number of ether oxygens (including phenoxy) is 2. The van der Waals surface area contributed by atoms with E-state index in [-0.39, 0.29) is 45.2 Å². The number of rotatable bonds is 8. The summed E-state index contributed by atoms with van der Waals surface area (Å²) >= 11 is 0. The van der Waals surface area contributed by atoms with Crippen molar-refractivity contribution >= 4 is 39.2 Å². The zero-order chi connectivity index (χ0) is 31.6. The van der Waals surface area contributed by atoms with Crippen molar-refractivity contribution in [3.63, 3.8) is 0 Å². The molecular weight excluding hydrogens is 562 g/mol. The third kappa shape index (κ3) is 8.12. The van der Waals surface area contributed by atoms with Crippen molar-refractivity contribution < 1.29 is 27.5 Å². The maximum atomic E-state index is 13.5. The molecule has 13 nitrogen and oxygen atoms in total. The Morgan fingerprint density at radius 3 is 2.26 bits per heavy atom. The van der Waals surface area contributed by atoms with Crippen molar-refractivity contribution in [1.29, 1.82) is 0 Å². The van der Waals surface area contributed by atoms with E-state index in [0.717, 1.165) is 17.4 Å². The van der Waals surface area contributed by atoms with Crippen LogP contribution in [-0.2, 0) is 15.4 Å². The van der Waals surface area contributed by atoms with Crippen LogP contribution in [0.1, 0.15) is 63.0 Å². The van der Waals surface area contributed by atoms with E-state index < -0.39 is 22.0 Å². The van der Waals surface area contributed by atoms with E-state index in [1.807, 2.05) is 41.5 Å². The molecule has 0 atom stereocenters. The van der Waals surface area contributed by atoms with Crippen LogP contribution in [0.25, 0.3) is 5.69 Å². The smallest absolute Gasteiger partial charge is 0.414 e. The van der Waals surface area contributed by atoms with E-state index in [1.54, 1.807) is 37.3 Å². The SMILES string of the molecule is COc1c(NC(=O)c2ccc(C)c(-n3nnc(OC(=O)NCC(C)(C)C)c3N)c2)cc(C(C)(C)C)cc1NS(C)(=O)=O. The number of hydrogen-bond donors (Lipinski definition) is 4. The molecule has 0 spiro atoms. The molecule has 0 aliphatic rings. The number of carbonyl (C=O) groups excluding carboxylic acids is 2. The van der Waals surface area contributed by atoms with Crippen LogP contribution in [0.5, 0.6) is 11.6 Å². The Morgan fingerprint density at radius 2 is 1.69 bits per heavy atom. The zero-order valence-electron chi connectivity index (χ0n) is 25.4. The van der Waals surface area contributed by atoms with Crippen molar-refractivity contribution in [2.24, 2.45) is 5.41 Å². The van der Waals surface area contributed by atoms with E-state index in [9.17, 15) is 18.0 Å². The third-order valence-corrected chi connectivity index (χ3v) is 6.62. The number of aryl methyl sites for hydroxylation is 1. The number of nitrogen functional groups attached to an aromatic ring is 1. The Hall–Kier alpha value is -4.33. The molecule has 5 N–H and O–H groups in total. The molecule has 0 radical (unpaired) electrons. The molecule has 3 aromatic rings. The van der Waals surface area contributed by atoms with E-state index in [4.69, 9.17) is 15.2 Å². The fourth-order valence-electron chi connectivity index (χ4n) is 3.81. The number of nitrogens with one attached hydrogen (secondary N) is 3. The lowest BCUT2D eigenvalue weighted by Gasteiger charge is -2.24. The summed E-state index contributed by atoms with van der Waals surface area (Å²) in [6.07, 6.45) is 0.317. The maximum absolute atomic E-state index is 13.5. The number of nitrogens with zero attached hydrogens (tertiary/aromatic N) is 3. The summed E-state index contributed by atoms with van der Waals surface area (Å²) in [4.78, 5) is 25.7. The van der Waals surface area contributed by atoms with Gasteiger partial charge in [-0.2, -0.15) is 4.68 Å². The first kappa shape index (κ1) is 32.2. The number of nitrogens with two attached hydrogens (primary N) is 1. The first-order valence-corrected chi connectivity index (χ1v) is 15.0. The summed E-state index contributed by atoms with van der Waals surface area (Å²) in [5.74, 6) is -0.549. The number of methoxy groups -OCH3 is 1. The van der Waals surface area contributed by atoms with Crippen LogP contribution >= 0.6 is 0 Å². The maximum Gasteiger partial charge on any atom is 0.414 e. The quantitative estimate of drug-likeness (QED) is 0.294. The number of anilines is 3. The summed E-state index contributed by atoms with van der Waals surface area (Å²) in [6, 6.07) is 8.31. The molecule has 1 heterocycles. The first-order valence-electron chi connectivity index (χ1n) is 13.1. The Balaban J connectivity index is 1.95. The summed E-state index contributed by atoms with van der Waals surface area (Å²) in [5.41, 5.74) is 8.33. The molecule has 3 rings (SSSR count). The molecule has 0 bridgehead atoms. The van der Waals surface area contributed by atoms with Crippen LogP contribution in [-0.4, -0.2) is 55.3 Å². The predicted octanol–water partition coefficient (Wildman–Crippen LogP) is 4.22. The lowest BCUT2D eigenvalue weighted by molar-refractivity contribution is 0.102. The molecule has 0 unspecified atom stereocenters. The highest BCUT2D eigenvalue weighted by Crippen LogP contribution is 2.39. The molecule has 2 amide bonds. The molecule has 14 heteroatoms. The van der Waals surface area contributed by atoms with Gasteiger partial charge in [0.1, 0.15) is 0 Å². The van der Waals surface area contributed by atoms with Crippen molar-refractivity contribution in [2.75, 3.05) is 35.7 Å². The molecule has 0 fully saturated rings. The summed E-state index contributed by atoms with van der Waals surface area (Å²) in [5, 5.41) is 13.4. The molecule has 0 saturated heterocycles. The van der Waals surface area contributed by atoms with Gasteiger partial charge in [-0.3, -0.25) is 9.52 Å². The van der Waals surface area contributed by atoms with Gasteiger partial charge in [-0.1, -0.05) is 57.9 Å². The highest BCUT2D eigenvalue weighted by atomic mass is 32.2. The third-order valence-electron chi connectivity index (χ3n) is 6.03. The van der Waals surface area contributed by atoms with Crippen LogP contribution in [0, 0.1) is 12.3 Å². The van der Waals surface area contributed by atoms with E-state index in [0.29, 0.717) is 12.2 Å². The van der Waals surface area contributed by atoms with Gasteiger partial charge in [0.2, 0.25) is 10.0 Å². The highest BCUT2D eigenvalue weighted by Gasteiger charge is 2.24. The Kier molecular flexibility index (Phi) is 9.10. The van der Waals surface area contributed by atoms with Gasteiger partial charge < -0.3 is 25.8 Å². The van der Waals surface area contributed by atoms with Gasteiger partial charge in [-0.15, -0.1) is 0 Å². The first-order chi connectivity index (χ1) is 19.3. The normalized spacial score (nSPS) is 12.0. The Bertz CT molecular complexity index is 1600. The standard InChI is InChI=1S/C28H39N7O6S/c1-16-10-11-17(12-21(16)35-23(29)25(32-34-35)41-26(37)30-15-27(2,3)4)24(36)31-19-13-18(28(5,6)7)14-20(22(19)40-8)33-42(9,38)39/h10-14,33H,15,29H2,1-9H3,(H,30,37)(H,31,36). The minimum atomic E-state index is -3.64. The second kappa shape index (κ2) is 11.9. The van der Waals surface area contributed by atoms with Crippen molar-refractivity contribution in [2.45, 2.75) is 53.9 Å². The lowest BCUT2D eigenvalue weighted by Crippen LogP contribution is -2.34. The van der Waals surface area contributed by atoms with Crippen molar-refractivity contribution in [3.05, 3.63) is 47.0 Å². The second-order valence-corrected chi connectivity index (χ2v) is 13.9. The van der Waals surface area contributed by atoms with Crippen LogP contribution in [0.4, 0.5) is 22.0 Å². The number of carbonyl (C=O) groups is 2. The summed E-state index contributed by atoms with van der Waals surface area (Å²) in [6.45, 7) is 14.0. The van der Waals surface area contributed by atoms with Gasteiger partial charge in [0, 0.05) is 12.1 Å². The van der Waals surface area contributed by atoms with Gasteiger partial charge in [-0.05, 0) is 53.1 Å². The van der Waals surface area contributed by atoms with Crippen LogP contribution in [0.3, 0.4) is 0 Å². The van der Waals surface area contributed by atoms with Crippen LogP contribution < -0.4 is 30.6 Å². The fraction of sp³-hybridized carbons (Fsp3) is 0.429. The molecule has 1 aromatic heterocycles. The van der Waals surface area contributed by atoms with Crippen molar-refractivity contribution in [3.8, 4) is 17.3 Å². The molecule has 228 valence electrons. The van der Waals surface area contributed by atoms with Gasteiger partial charge >= 0.3 is 6.09 Å². The molecule has 0 aliphatic heterocycles. The molecule has 42 heavy (non-hydrogen) atoms. The highest BCUT2D eigenvalue weighted by molar-refractivity contribution is 7.92. The van der Waals surface area contributed by atoms with Gasteiger partial charge in [0.25, 0.3) is 11.8 Å². The minimum Gasteiger partial charge on any atom is -0.492 e. The number of amides is 2. The van der Waals surface area contributed by atoms with E-state index in [1.165, 1.54) is 11.8 Å². The zero-order valence-corrected chi connectivity index (χ0v) is 26.2. The number of benzene rings is 2. The Morgan fingerprint density at radius 1 is 1.05 bits per heavy atom. The van der Waals surface area contributed by atoms with Crippen LogP contribution in [0.2, 0.25) is 0 Å². The monoisotopic (exact) mass is 601 g/mol. The van der Waals surface area contributed by atoms with E-state index >= 15 is 0 Å². The minimum absolute atomic E-state index is 0.0300. The van der Waals surface area contributed by atoms with Gasteiger partial charge in [0.15, 0.2) is 11.6 Å². The van der Waals surface area contributed by atoms with Crippen molar-refractivity contribution in [1.82, 2.24) is 20.3 Å². The Labute approximate surface area is 246 Å². The van der Waals surface area contributed by atoms with E-state index in [2.05, 4.69) is 25.7 Å². The van der Waals surface area contributed by atoms with Crippen LogP contribution in [0.15, 0.2) is 30.3 Å².